The molecular formula is C15H26N4O2. The van der Waals surface area contributed by atoms with Crippen molar-refractivity contribution < 1.29 is 9.90 Å². The molecule has 0 aliphatic heterocycles. The Hall–Kier alpha value is -1.46. The van der Waals surface area contributed by atoms with Crippen LogP contribution in [0.25, 0.3) is 0 Å². The Kier molecular flexibility index (Phi) is 5.70. The number of hydrogen-bond donors (Lipinski definition) is 1. The molecule has 0 radical (unpaired) electrons. The van der Waals surface area contributed by atoms with Gasteiger partial charge in [-0.2, -0.15) is 0 Å². The fraction of sp³-hybridized carbons (Fsp3) is 0.867. The second-order valence-corrected chi connectivity index (χ2v) is 6.29. The molecule has 21 heavy (non-hydrogen) atoms. The van der Waals surface area contributed by atoms with Crippen molar-refractivity contribution in [2.75, 3.05) is 0 Å². The molecule has 6 heteroatoms. The summed E-state index contributed by atoms with van der Waals surface area (Å²) in [5.74, 6) is 1.29. The summed E-state index contributed by atoms with van der Waals surface area (Å²) in [4.78, 5) is 10.9. The van der Waals surface area contributed by atoms with Crippen LogP contribution in [0.5, 0.6) is 0 Å². The molecule has 2 rings (SSSR count). The van der Waals surface area contributed by atoms with Gasteiger partial charge in [-0.15, -0.1) is 5.10 Å². The molecule has 1 aliphatic carbocycles. The zero-order valence-corrected chi connectivity index (χ0v) is 13.0. The lowest BCUT2D eigenvalue weighted by Crippen LogP contribution is -2.20. The Morgan fingerprint density at radius 1 is 1.38 bits per heavy atom. The van der Waals surface area contributed by atoms with Gasteiger partial charge in [0.25, 0.3) is 0 Å². The van der Waals surface area contributed by atoms with Crippen molar-refractivity contribution >= 4 is 5.97 Å². The van der Waals surface area contributed by atoms with Gasteiger partial charge in [-0.3, -0.25) is 4.79 Å². The molecule has 1 atom stereocenters. The van der Waals surface area contributed by atoms with Gasteiger partial charge >= 0.3 is 5.97 Å². The highest BCUT2D eigenvalue weighted by molar-refractivity contribution is 5.67. The summed E-state index contributed by atoms with van der Waals surface area (Å²) >= 11 is 0. The van der Waals surface area contributed by atoms with Gasteiger partial charge in [-0.05, 0) is 49.0 Å². The molecule has 1 aromatic rings. The van der Waals surface area contributed by atoms with E-state index in [1.165, 1.54) is 32.1 Å². The van der Waals surface area contributed by atoms with E-state index in [-0.39, 0.29) is 12.5 Å². The largest absolute Gasteiger partial charge is 0.481 e. The molecule has 0 spiro atoms. The summed E-state index contributed by atoms with van der Waals surface area (Å²) in [5, 5.41) is 20.9. The molecule has 0 saturated heterocycles. The summed E-state index contributed by atoms with van der Waals surface area (Å²) in [5.41, 5.74) is 0. The molecule has 1 aliphatic rings. The second kappa shape index (κ2) is 7.52. The molecule has 1 N–H and O–H groups in total. The third kappa shape index (κ3) is 4.25. The number of aromatic nitrogens is 4. The fourth-order valence-corrected chi connectivity index (χ4v) is 3.32. The zero-order valence-electron chi connectivity index (χ0n) is 13.0. The third-order valence-electron chi connectivity index (χ3n) is 4.58. The minimum Gasteiger partial charge on any atom is -0.481 e. The maximum absolute atomic E-state index is 10.9. The summed E-state index contributed by atoms with van der Waals surface area (Å²) in [6, 6.07) is -0.190. The van der Waals surface area contributed by atoms with E-state index < -0.39 is 5.97 Å². The molecule has 6 nitrogen and oxygen atoms in total. The highest BCUT2D eigenvalue weighted by Gasteiger charge is 2.27. The van der Waals surface area contributed by atoms with Crippen molar-refractivity contribution in [1.29, 1.82) is 0 Å². The first-order valence-corrected chi connectivity index (χ1v) is 8.11. The minimum absolute atomic E-state index is 0.0594. The van der Waals surface area contributed by atoms with E-state index in [0.29, 0.717) is 5.92 Å². The number of carboxylic acid groups (broad SMARTS) is 1. The molecule has 118 valence electrons. The molecule has 1 saturated carbocycles. The Bertz CT molecular complexity index is 452. The van der Waals surface area contributed by atoms with Crippen molar-refractivity contribution in [2.45, 2.75) is 77.2 Å². The topological polar surface area (TPSA) is 80.9 Å². The van der Waals surface area contributed by atoms with Crippen LogP contribution in [-0.4, -0.2) is 31.3 Å². The summed E-state index contributed by atoms with van der Waals surface area (Å²) in [7, 11) is 0. The van der Waals surface area contributed by atoms with E-state index in [2.05, 4.69) is 22.4 Å². The van der Waals surface area contributed by atoms with Crippen molar-refractivity contribution in [1.82, 2.24) is 20.2 Å². The first-order chi connectivity index (χ1) is 10.1. The Balaban J connectivity index is 1.94. The van der Waals surface area contributed by atoms with Crippen LogP contribution in [0.15, 0.2) is 0 Å². The molecule has 1 unspecified atom stereocenters. The number of carboxylic acids is 1. The molecule has 1 aromatic heterocycles. The normalized spacial score (nSPS) is 23.9. The number of tetrazole rings is 1. The predicted octanol–water partition coefficient (Wildman–Crippen LogP) is 3.17. The lowest BCUT2D eigenvalue weighted by atomic mass is 9.79. The van der Waals surface area contributed by atoms with Crippen LogP contribution in [0.1, 0.15) is 83.0 Å². The summed E-state index contributed by atoms with van der Waals surface area (Å²) in [6.07, 6.45) is 8.71. The summed E-state index contributed by atoms with van der Waals surface area (Å²) in [6.45, 7) is 4.10. The zero-order chi connectivity index (χ0) is 15.2. The monoisotopic (exact) mass is 294 g/mol. The van der Waals surface area contributed by atoms with Crippen molar-refractivity contribution in [3.63, 3.8) is 0 Å². The van der Waals surface area contributed by atoms with Crippen molar-refractivity contribution in [3.8, 4) is 0 Å². The Morgan fingerprint density at radius 2 is 2.10 bits per heavy atom. The molecule has 0 aromatic carbocycles. The van der Waals surface area contributed by atoms with Crippen molar-refractivity contribution in [3.05, 3.63) is 5.82 Å². The van der Waals surface area contributed by atoms with E-state index in [1.807, 2.05) is 6.92 Å². The van der Waals surface area contributed by atoms with Gasteiger partial charge in [0.15, 0.2) is 5.82 Å². The quantitative estimate of drug-likeness (QED) is 0.835. The van der Waals surface area contributed by atoms with E-state index in [4.69, 9.17) is 5.11 Å². The molecule has 0 bridgehead atoms. The minimum atomic E-state index is -0.813. The standard InChI is InChI=1S/C15H26N4O2/c1-3-4-5-12-6-8-13(9-7-12)15-16-17-18-19(15)11(2)10-14(20)21/h11-13H,3-10H2,1-2H3,(H,20,21). The SMILES string of the molecule is CCCCC1CCC(c2nnnn2C(C)CC(=O)O)CC1. The van der Waals surface area contributed by atoms with Crippen LogP contribution in [0, 0.1) is 5.92 Å². The average molecular weight is 294 g/mol. The van der Waals surface area contributed by atoms with Gasteiger partial charge in [-0.25, -0.2) is 4.68 Å². The van der Waals surface area contributed by atoms with Crippen LogP contribution < -0.4 is 0 Å². The highest BCUT2D eigenvalue weighted by Crippen LogP contribution is 2.37. The number of rotatable bonds is 7. The Morgan fingerprint density at radius 3 is 2.71 bits per heavy atom. The molecule has 1 heterocycles. The average Bonchev–Trinajstić information content (AvgIpc) is 2.94. The maximum atomic E-state index is 10.9. The first kappa shape index (κ1) is 15.9. The van der Waals surface area contributed by atoms with Gasteiger partial charge in [0, 0.05) is 5.92 Å². The third-order valence-corrected chi connectivity index (χ3v) is 4.58. The number of carbonyl (C=O) groups is 1. The number of unbranched alkanes of at least 4 members (excludes halogenated alkanes) is 1. The van der Waals surface area contributed by atoms with Crippen LogP contribution in [0.3, 0.4) is 0 Å². The smallest absolute Gasteiger partial charge is 0.305 e. The number of aliphatic carboxylic acids is 1. The van der Waals surface area contributed by atoms with Crippen LogP contribution in [-0.2, 0) is 4.79 Å². The van der Waals surface area contributed by atoms with Crippen molar-refractivity contribution in [2.24, 2.45) is 5.92 Å². The summed E-state index contributed by atoms with van der Waals surface area (Å²) < 4.78 is 1.71. The van der Waals surface area contributed by atoms with Gasteiger partial charge in [0.2, 0.25) is 0 Å². The van der Waals surface area contributed by atoms with Gasteiger partial charge in [-0.1, -0.05) is 26.2 Å². The Labute approximate surface area is 125 Å². The van der Waals surface area contributed by atoms with Gasteiger partial charge in [0.05, 0.1) is 12.5 Å². The van der Waals surface area contributed by atoms with Crippen LogP contribution >= 0.6 is 0 Å². The molecule has 0 amide bonds. The lowest BCUT2D eigenvalue weighted by Gasteiger charge is -2.28. The molecule has 1 fully saturated rings. The highest BCUT2D eigenvalue weighted by atomic mass is 16.4. The van der Waals surface area contributed by atoms with Crippen LogP contribution in [0.4, 0.5) is 0 Å². The lowest BCUT2D eigenvalue weighted by molar-refractivity contribution is -0.137. The van der Waals surface area contributed by atoms with E-state index >= 15 is 0 Å². The number of hydrogen-bond acceptors (Lipinski definition) is 4. The number of nitrogens with zero attached hydrogens (tertiary/aromatic N) is 4. The van der Waals surface area contributed by atoms with Crippen LogP contribution in [0.2, 0.25) is 0 Å². The fourth-order valence-electron chi connectivity index (χ4n) is 3.32. The van der Waals surface area contributed by atoms with E-state index in [9.17, 15) is 4.79 Å². The van der Waals surface area contributed by atoms with Gasteiger partial charge < -0.3 is 5.11 Å². The molecular weight excluding hydrogens is 268 g/mol. The van der Waals surface area contributed by atoms with E-state index in [1.54, 1.807) is 4.68 Å². The van der Waals surface area contributed by atoms with Gasteiger partial charge in [0.1, 0.15) is 0 Å². The first-order valence-electron chi connectivity index (χ1n) is 8.11. The van der Waals surface area contributed by atoms with E-state index in [0.717, 1.165) is 24.6 Å². The maximum Gasteiger partial charge on any atom is 0.305 e. The second-order valence-electron chi connectivity index (χ2n) is 6.29. The predicted molar refractivity (Wildman–Crippen MR) is 79.0 cm³/mol.